The first-order valence-corrected chi connectivity index (χ1v) is 9.02. The molecule has 1 aromatic rings. The summed E-state index contributed by atoms with van der Waals surface area (Å²) >= 11 is 10.3. The molecule has 0 aliphatic heterocycles. The maximum Gasteiger partial charge on any atom is 0.145 e. The van der Waals surface area contributed by atoms with Gasteiger partial charge in [0.05, 0.1) is 14.2 Å². The third-order valence-corrected chi connectivity index (χ3v) is 5.98. The molecule has 1 aromatic carbocycles. The molecule has 2 rings (SSSR count). The van der Waals surface area contributed by atoms with Crippen LogP contribution in [0, 0.1) is 5.92 Å². The summed E-state index contributed by atoms with van der Waals surface area (Å²) in [5.74, 6) is 2.04. The van der Waals surface area contributed by atoms with E-state index < -0.39 is 0 Å². The van der Waals surface area contributed by atoms with Crippen LogP contribution in [0.3, 0.4) is 0 Å². The molecule has 1 atom stereocenters. The second-order valence-electron chi connectivity index (χ2n) is 5.71. The van der Waals surface area contributed by atoms with Gasteiger partial charge < -0.3 is 9.47 Å². The van der Waals surface area contributed by atoms with E-state index in [1.165, 1.54) is 44.9 Å². The minimum Gasteiger partial charge on any atom is -0.495 e. The molecule has 0 heterocycles. The number of halogens is 2. The van der Waals surface area contributed by atoms with Crippen LogP contribution in [-0.2, 0) is 0 Å². The summed E-state index contributed by atoms with van der Waals surface area (Å²) in [4.78, 5) is 0.286. The highest BCUT2D eigenvalue weighted by Gasteiger charge is 2.26. The molecule has 1 fully saturated rings. The van der Waals surface area contributed by atoms with Crippen LogP contribution >= 0.6 is 27.5 Å². The monoisotopic (exact) mass is 374 g/mol. The molecule has 1 aliphatic rings. The van der Waals surface area contributed by atoms with Crippen LogP contribution in [0.15, 0.2) is 12.1 Å². The molecular weight excluding hydrogens is 352 g/mol. The number of ether oxygens (including phenoxy) is 2. The molecule has 0 spiro atoms. The van der Waals surface area contributed by atoms with Crippen LogP contribution in [0.1, 0.15) is 55.3 Å². The van der Waals surface area contributed by atoms with Gasteiger partial charge in [-0.25, -0.2) is 0 Å². The average Bonchev–Trinajstić information content (AvgIpc) is 2.46. The molecule has 0 bridgehead atoms. The Bertz CT molecular complexity index is 456. The van der Waals surface area contributed by atoms with Gasteiger partial charge in [0.25, 0.3) is 0 Å². The zero-order chi connectivity index (χ0) is 15.2. The first kappa shape index (κ1) is 17.0. The Balaban J connectivity index is 2.24. The highest BCUT2D eigenvalue weighted by atomic mass is 79.9. The molecule has 1 aliphatic carbocycles. The minimum atomic E-state index is 0.286. The molecule has 2 nitrogen and oxygen atoms in total. The third-order valence-electron chi connectivity index (χ3n) is 4.38. The van der Waals surface area contributed by atoms with Crippen molar-refractivity contribution in [3.05, 3.63) is 22.7 Å². The number of benzene rings is 1. The summed E-state index contributed by atoms with van der Waals surface area (Å²) in [6.45, 7) is 0. The Morgan fingerprint density at radius 3 is 2.24 bits per heavy atom. The number of alkyl halides is 1. The van der Waals surface area contributed by atoms with Crippen molar-refractivity contribution in [3.63, 3.8) is 0 Å². The summed E-state index contributed by atoms with van der Waals surface area (Å²) in [7, 11) is 3.29. The van der Waals surface area contributed by atoms with Gasteiger partial charge in [0.2, 0.25) is 0 Å². The van der Waals surface area contributed by atoms with Crippen LogP contribution < -0.4 is 9.47 Å². The largest absolute Gasteiger partial charge is 0.495 e. The van der Waals surface area contributed by atoms with E-state index in [0.717, 1.165) is 11.3 Å². The Morgan fingerprint density at radius 1 is 1.05 bits per heavy atom. The van der Waals surface area contributed by atoms with E-state index in [-0.39, 0.29) is 4.83 Å². The molecule has 21 heavy (non-hydrogen) atoms. The Kier molecular flexibility index (Phi) is 6.69. The van der Waals surface area contributed by atoms with Crippen molar-refractivity contribution < 1.29 is 9.47 Å². The number of methoxy groups -OCH3 is 2. The fourth-order valence-corrected chi connectivity index (χ4v) is 4.39. The third kappa shape index (κ3) is 4.07. The fraction of sp³-hybridized carbons (Fsp3) is 0.647. The van der Waals surface area contributed by atoms with Crippen LogP contribution in [0.2, 0.25) is 5.02 Å². The van der Waals surface area contributed by atoms with Gasteiger partial charge in [0.15, 0.2) is 0 Å². The van der Waals surface area contributed by atoms with Crippen molar-refractivity contribution in [3.8, 4) is 11.5 Å². The van der Waals surface area contributed by atoms with Crippen LogP contribution in [0.5, 0.6) is 11.5 Å². The highest BCUT2D eigenvalue weighted by molar-refractivity contribution is 9.09. The molecule has 0 saturated heterocycles. The van der Waals surface area contributed by atoms with Crippen molar-refractivity contribution in [1.29, 1.82) is 0 Å². The molecule has 1 saturated carbocycles. The molecule has 118 valence electrons. The quantitative estimate of drug-likeness (QED) is 0.587. The zero-order valence-corrected chi connectivity index (χ0v) is 15.2. The van der Waals surface area contributed by atoms with Crippen LogP contribution in [0.4, 0.5) is 0 Å². The predicted octanol–water partition coefficient (Wildman–Crippen LogP) is 6.15. The van der Waals surface area contributed by atoms with Crippen molar-refractivity contribution in [2.24, 2.45) is 5.92 Å². The van der Waals surface area contributed by atoms with Gasteiger partial charge >= 0.3 is 0 Å². The Hall–Kier alpha value is -0.410. The lowest BCUT2D eigenvalue weighted by atomic mass is 9.86. The number of hydrogen-bond donors (Lipinski definition) is 0. The van der Waals surface area contributed by atoms with Gasteiger partial charge in [-0.1, -0.05) is 65.7 Å². The summed E-state index contributed by atoms with van der Waals surface area (Å²) in [6, 6.07) is 4.00. The lowest BCUT2D eigenvalue weighted by Gasteiger charge is -2.26. The van der Waals surface area contributed by atoms with E-state index in [1.807, 2.05) is 6.07 Å². The topological polar surface area (TPSA) is 18.5 Å². The maximum atomic E-state index is 6.38. The van der Waals surface area contributed by atoms with Gasteiger partial charge in [-0.2, -0.15) is 0 Å². The van der Waals surface area contributed by atoms with E-state index in [1.54, 1.807) is 14.2 Å². The smallest absolute Gasteiger partial charge is 0.145 e. The van der Waals surface area contributed by atoms with E-state index >= 15 is 0 Å². The van der Waals surface area contributed by atoms with Crippen LogP contribution in [-0.4, -0.2) is 14.2 Å². The van der Waals surface area contributed by atoms with E-state index in [2.05, 4.69) is 22.0 Å². The van der Waals surface area contributed by atoms with Gasteiger partial charge in [-0.05, 0) is 24.8 Å². The molecule has 0 radical (unpaired) electrons. The summed E-state index contributed by atoms with van der Waals surface area (Å²) < 4.78 is 10.8. The maximum absolute atomic E-state index is 6.38. The molecular formula is C17H24BrClO2. The van der Waals surface area contributed by atoms with Crippen molar-refractivity contribution >= 4 is 27.5 Å². The van der Waals surface area contributed by atoms with Gasteiger partial charge in [0.1, 0.15) is 16.5 Å². The molecule has 0 aromatic heterocycles. The SMILES string of the molecule is COc1ccc(C(Br)C2CCCCCCC2)c(OC)c1Cl. The first-order valence-electron chi connectivity index (χ1n) is 7.73. The molecule has 1 unspecified atom stereocenters. The van der Waals surface area contributed by atoms with Crippen molar-refractivity contribution in [2.45, 2.75) is 49.8 Å². The van der Waals surface area contributed by atoms with Gasteiger partial charge in [-0.15, -0.1) is 0 Å². The standard InChI is InChI=1S/C17H24BrClO2/c1-20-14-11-10-13(17(21-2)16(14)19)15(18)12-8-6-4-3-5-7-9-12/h10-12,15H,3-9H2,1-2H3. The normalized spacial score (nSPS) is 18.7. The van der Waals surface area contributed by atoms with Crippen molar-refractivity contribution in [2.75, 3.05) is 14.2 Å². The molecule has 0 N–H and O–H groups in total. The van der Waals surface area contributed by atoms with E-state index in [9.17, 15) is 0 Å². The predicted molar refractivity (Wildman–Crippen MR) is 92.0 cm³/mol. The van der Waals surface area contributed by atoms with E-state index in [4.69, 9.17) is 21.1 Å². The number of rotatable bonds is 4. The van der Waals surface area contributed by atoms with Crippen molar-refractivity contribution in [1.82, 2.24) is 0 Å². The summed E-state index contributed by atoms with van der Waals surface area (Å²) in [5, 5.41) is 0.563. The molecule has 4 heteroatoms. The summed E-state index contributed by atoms with van der Waals surface area (Å²) in [5.41, 5.74) is 1.13. The minimum absolute atomic E-state index is 0.286. The van der Waals surface area contributed by atoms with Gasteiger partial charge in [0, 0.05) is 10.4 Å². The van der Waals surface area contributed by atoms with Gasteiger partial charge in [-0.3, -0.25) is 0 Å². The summed E-state index contributed by atoms with van der Waals surface area (Å²) in [6.07, 6.45) is 9.27. The highest BCUT2D eigenvalue weighted by Crippen LogP contribution is 2.46. The number of hydrogen-bond acceptors (Lipinski definition) is 2. The average molecular weight is 376 g/mol. The lowest BCUT2D eigenvalue weighted by Crippen LogP contribution is -2.11. The molecule has 0 amide bonds. The van der Waals surface area contributed by atoms with Crippen LogP contribution in [0.25, 0.3) is 0 Å². The second-order valence-corrected chi connectivity index (χ2v) is 7.08. The Morgan fingerprint density at radius 2 is 1.67 bits per heavy atom. The zero-order valence-electron chi connectivity index (χ0n) is 12.8. The Labute approximate surface area is 141 Å². The second kappa shape index (κ2) is 8.28. The lowest BCUT2D eigenvalue weighted by molar-refractivity contribution is 0.360. The first-order chi connectivity index (χ1) is 10.2. The fourth-order valence-electron chi connectivity index (χ4n) is 3.17. The van der Waals surface area contributed by atoms with E-state index in [0.29, 0.717) is 16.7 Å².